The number of nitrogens with one attached hydrogen (secondary N) is 1. The van der Waals surface area contributed by atoms with Crippen LogP contribution in [0.2, 0.25) is 0 Å². The molecule has 0 aromatic heterocycles. The summed E-state index contributed by atoms with van der Waals surface area (Å²) in [6.45, 7) is 7.73. The number of nitrogens with zero attached hydrogens (tertiary/aromatic N) is 1. The lowest BCUT2D eigenvalue weighted by molar-refractivity contribution is 0.0322. The first-order valence-electron chi connectivity index (χ1n) is 9.74. The van der Waals surface area contributed by atoms with E-state index in [0.29, 0.717) is 18.9 Å². The van der Waals surface area contributed by atoms with Crippen molar-refractivity contribution in [3.63, 3.8) is 0 Å². The predicted octanol–water partition coefficient (Wildman–Crippen LogP) is 4.34. The number of halogens is 1. The summed E-state index contributed by atoms with van der Waals surface area (Å²) in [7, 11) is 0. The molecule has 1 aromatic carbocycles. The van der Waals surface area contributed by atoms with E-state index in [4.69, 9.17) is 14.2 Å². The van der Waals surface area contributed by atoms with Crippen LogP contribution in [0.1, 0.15) is 39.0 Å². The highest BCUT2D eigenvalue weighted by atomic mass is 35.5. The molecule has 0 spiro atoms. The van der Waals surface area contributed by atoms with E-state index in [1.54, 1.807) is 0 Å². The van der Waals surface area contributed by atoms with Gasteiger partial charge in [0.2, 0.25) is 0 Å². The summed E-state index contributed by atoms with van der Waals surface area (Å²) < 4.78 is 16.3. The molecule has 0 bridgehead atoms. The van der Waals surface area contributed by atoms with Gasteiger partial charge in [-0.2, -0.15) is 0 Å². The van der Waals surface area contributed by atoms with E-state index >= 15 is 0 Å². The molecule has 0 unspecified atom stereocenters. The van der Waals surface area contributed by atoms with E-state index in [0.717, 1.165) is 51.4 Å². The SMILES string of the molecule is CCCCCCCOC(=O)Nc1ccc(OCCN2CCOCC2)cc1.Cl. The quantitative estimate of drug-likeness (QED) is 0.560. The highest BCUT2D eigenvalue weighted by molar-refractivity contribution is 5.85. The minimum Gasteiger partial charge on any atom is -0.492 e. The number of unbranched alkanes of at least 4 members (excludes halogenated alkanes) is 4. The van der Waals surface area contributed by atoms with Gasteiger partial charge in [0.1, 0.15) is 12.4 Å². The number of amides is 1. The third-order valence-electron chi connectivity index (χ3n) is 4.36. The topological polar surface area (TPSA) is 60.0 Å². The summed E-state index contributed by atoms with van der Waals surface area (Å²) in [5.41, 5.74) is 0.710. The molecular formula is C20H33ClN2O4. The van der Waals surface area contributed by atoms with Gasteiger partial charge in [-0.05, 0) is 30.7 Å². The van der Waals surface area contributed by atoms with Crippen LogP contribution in [0.5, 0.6) is 5.75 Å². The Bertz CT molecular complexity index is 507. The second kappa shape index (κ2) is 14.5. The lowest BCUT2D eigenvalue weighted by Gasteiger charge is -2.26. The predicted molar refractivity (Wildman–Crippen MR) is 110 cm³/mol. The van der Waals surface area contributed by atoms with Gasteiger partial charge >= 0.3 is 6.09 Å². The van der Waals surface area contributed by atoms with Crippen LogP contribution < -0.4 is 10.1 Å². The third kappa shape index (κ3) is 10.4. The van der Waals surface area contributed by atoms with Crippen molar-refractivity contribution < 1.29 is 19.0 Å². The van der Waals surface area contributed by atoms with Crippen molar-refractivity contribution in [3.8, 4) is 5.75 Å². The van der Waals surface area contributed by atoms with Crippen molar-refractivity contribution >= 4 is 24.2 Å². The Kier molecular flexibility index (Phi) is 12.7. The molecule has 1 aromatic rings. The second-order valence-electron chi connectivity index (χ2n) is 6.50. The normalized spacial score (nSPS) is 14.3. The lowest BCUT2D eigenvalue weighted by atomic mass is 10.2. The Hall–Kier alpha value is -1.50. The zero-order chi connectivity index (χ0) is 18.5. The number of hydrogen-bond donors (Lipinski definition) is 1. The number of carbonyl (C=O) groups excluding carboxylic acids is 1. The van der Waals surface area contributed by atoms with Crippen molar-refractivity contribution in [2.45, 2.75) is 39.0 Å². The first-order valence-corrected chi connectivity index (χ1v) is 9.74. The summed E-state index contributed by atoms with van der Waals surface area (Å²) in [6.07, 6.45) is 5.29. The highest BCUT2D eigenvalue weighted by Gasteiger charge is 2.09. The molecule has 7 heteroatoms. The van der Waals surface area contributed by atoms with Crippen LogP contribution in [-0.4, -0.2) is 57.1 Å². The van der Waals surface area contributed by atoms with E-state index < -0.39 is 6.09 Å². The summed E-state index contributed by atoms with van der Waals surface area (Å²) in [5.74, 6) is 0.799. The standard InChI is InChI=1S/C20H32N2O4.ClH/c1-2-3-4-5-6-14-26-20(23)21-18-7-9-19(10-8-18)25-17-13-22-11-15-24-16-12-22;/h7-10H,2-6,11-17H2,1H3,(H,21,23);1H. The minimum atomic E-state index is -0.401. The van der Waals surface area contributed by atoms with E-state index in [2.05, 4.69) is 17.1 Å². The van der Waals surface area contributed by atoms with Gasteiger partial charge in [-0.25, -0.2) is 4.79 Å². The monoisotopic (exact) mass is 400 g/mol. The molecule has 1 fully saturated rings. The van der Waals surface area contributed by atoms with E-state index in [1.165, 1.54) is 19.3 Å². The summed E-state index contributed by atoms with van der Waals surface area (Å²) in [6, 6.07) is 7.37. The number of benzene rings is 1. The van der Waals surface area contributed by atoms with Gasteiger partial charge in [-0.1, -0.05) is 32.6 Å². The van der Waals surface area contributed by atoms with Gasteiger partial charge in [-0.15, -0.1) is 12.4 Å². The van der Waals surface area contributed by atoms with Crippen LogP contribution in [0, 0.1) is 0 Å². The van der Waals surface area contributed by atoms with Crippen LogP contribution in [-0.2, 0) is 9.47 Å². The van der Waals surface area contributed by atoms with E-state index in [-0.39, 0.29) is 12.4 Å². The molecule has 27 heavy (non-hydrogen) atoms. The Morgan fingerprint density at radius 3 is 2.48 bits per heavy atom. The van der Waals surface area contributed by atoms with Gasteiger partial charge in [0.05, 0.1) is 19.8 Å². The second-order valence-corrected chi connectivity index (χ2v) is 6.50. The molecular weight excluding hydrogens is 368 g/mol. The van der Waals surface area contributed by atoms with Crippen LogP contribution in [0.25, 0.3) is 0 Å². The maximum atomic E-state index is 11.8. The van der Waals surface area contributed by atoms with Crippen LogP contribution in [0.15, 0.2) is 24.3 Å². The van der Waals surface area contributed by atoms with Crippen molar-refractivity contribution in [3.05, 3.63) is 24.3 Å². The largest absolute Gasteiger partial charge is 0.492 e. The van der Waals surface area contributed by atoms with Crippen molar-refractivity contribution in [1.29, 1.82) is 0 Å². The maximum absolute atomic E-state index is 11.8. The highest BCUT2D eigenvalue weighted by Crippen LogP contribution is 2.16. The van der Waals surface area contributed by atoms with Crippen molar-refractivity contribution in [1.82, 2.24) is 4.90 Å². The van der Waals surface area contributed by atoms with E-state index in [9.17, 15) is 4.79 Å². The van der Waals surface area contributed by atoms with E-state index in [1.807, 2.05) is 24.3 Å². The molecule has 1 saturated heterocycles. The lowest BCUT2D eigenvalue weighted by Crippen LogP contribution is -2.38. The summed E-state index contributed by atoms with van der Waals surface area (Å²) >= 11 is 0. The molecule has 154 valence electrons. The van der Waals surface area contributed by atoms with Crippen LogP contribution >= 0.6 is 12.4 Å². The maximum Gasteiger partial charge on any atom is 0.411 e. The minimum absolute atomic E-state index is 0. The summed E-state index contributed by atoms with van der Waals surface area (Å²) in [5, 5.41) is 2.74. The molecule has 1 amide bonds. The fourth-order valence-electron chi connectivity index (χ4n) is 2.78. The first kappa shape index (κ1) is 23.5. The van der Waals surface area contributed by atoms with Gasteiger partial charge in [0.25, 0.3) is 0 Å². The number of hydrogen-bond acceptors (Lipinski definition) is 5. The van der Waals surface area contributed by atoms with Crippen molar-refractivity contribution in [2.24, 2.45) is 0 Å². The van der Waals surface area contributed by atoms with Gasteiger partial charge in [0.15, 0.2) is 0 Å². The molecule has 1 aliphatic rings. The fourth-order valence-corrected chi connectivity index (χ4v) is 2.78. The van der Waals surface area contributed by atoms with Crippen molar-refractivity contribution in [2.75, 3.05) is 51.4 Å². The first-order chi connectivity index (χ1) is 12.8. The molecule has 0 aliphatic carbocycles. The molecule has 1 heterocycles. The van der Waals surface area contributed by atoms with Gasteiger partial charge in [0, 0.05) is 25.3 Å². The average molecular weight is 401 g/mol. The zero-order valence-corrected chi connectivity index (χ0v) is 17.1. The summed E-state index contributed by atoms with van der Waals surface area (Å²) in [4.78, 5) is 14.1. The Morgan fingerprint density at radius 2 is 1.78 bits per heavy atom. The average Bonchev–Trinajstić information content (AvgIpc) is 2.67. The number of anilines is 1. The van der Waals surface area contributed by atoms with Gasteiger partial charge < -0.3 is 14.2 Å². The number of ether oxygens (including phenoxy) is 3. The Morgan fingerprint density at radius 1 is 1.07 bits per heavy atom. The number of carbonyl (C=O) groups is 1. The van der Waals surface area contributed by atoms with Crippen LogP contribution in [0.4, 0.5) is 10.5 Å². The third-order valence-corrected chi connectivity index (χ3v) is 4.36. The molecule has 0 saturated carbocycles. The van der Waals surface area contributed by atoms with Gasteiger partial charge in [-0.3, -0.25) is 10.2 Å². The molecule has 0 atom stereocenters. The molecule has 1 N–H and O–H groups in total. The fraction of sp³-hybridized carbons (Fsp3) is 0.650. The number of rotatable bonds is 11. The molecule has 2 rings (SSSR count). The molecule has 0 radical (unpaired) electrons. The molecule has 6 nitrogen and oxygen atoms in total. The number of morpholine rings is 1. The Labute approximate surface area is 168 Å². The Balaban J connectivity index is 0.00000364. The zero-order valence-electron chi connectivity index (χ0n) is 16.3. The smallest absolute Gasteiger partial charge is 0.411 e. The molecule has 1 aliphatic heterocycles. The van der Waals surface area contributed by atoms with Crippen LogP contribution in [0.3, 0.4) is 0 Å².